The smallest absolute Gasteiger partial charge is 0.328 e. The van der Waals surface area contributed by atoms with Crippen molar-refractivity contribution in [2.45, 2.75) is 31.8 Å². The summed E-state index contributed by atoms with van der Waals surface area (Å²) in [6.45, 7) is 2.92. The van der Waals surface area contributed by atoms with Crippen molar-refractivity contribution in [1.29, 1.82) is 0 Å². The number of nitrogens with one attached hydrogen (secondary N) is 1. The first-order chi connectivity index (χ1) is 15.4. The summed E-state index contributed by atoms with van der Waals surface area (Å²) in [7, 11) is 3.94. The molecule has 2 unspecified atom stereocenters. The van der Waals surface area contributed by atoms with Crippen LogP contribution in [0.15, 0.2) is 42.5 Å². The molecule has 1 N–H and O–H groups in total. The van der Waals surface area contributed by atoms with Gasteiger partial charge in [0.2, 0.25) is 0 Å². The van der Waals surface area contributed by atoms with E-state index >= 15 is 4.39 Å². The van der Waals surface area contributed by atoms with Gasteiger partial charge in [0.15, 0.2) is 0 Å². The average molecular weight is 435 g/mol. The van der Waals surface area contributed by atoms with Gasteiger partial charge in [-0.25, -0.2) is 9.18 Å². The highest BCUT2D eigenvalue weighted by Gasteiger charge is 2.52. The number of fused-ring (bicyclic) bond motifs is 4. The van der Waals surface area contributed by atoms with Gasteiger partial charge < -0.3 is 9.88 Å². The van der Waals surface area contributed by atoms with Gasteiger partial charge in [-0.2, -0.15) is 0 Å². The quantitative estimate of drug-likeness (QED) is 0.621. The maximum atomic E-state index is 15.2. The maximum absolute atomic E-state index is 15.2. The lowest BCUT2D eigenvalue weighted by atomic mass is 9.88. The molecule has 32 heavy (non-hydrogen) atoms. The molecule has 0 saturated carbocycles. The number of halogens is 1. The first-order valence-corrected chi connectivity index (χ1v) is 11.0. The third kappa shape index (κ3) is 3.11. The minimum absolute atomic E-state index is 0.192. The highest BCUT2D eigenvalue weighted by molar-refractivity contribution is 6.05. The largest absolute Gasteiger partial charge is 0.356 e. The van der Waals surface area contributed by atoms with Crippen molar-refractivity contribution in [3.8, 4) is 0 Å². The number of aromatic amines is 1. The second-order valence-electron chi connectivity index (χ2n) is 9.01. The van der Waals surface area contributed by atoms with Crippen LogP contribution in [-0.4, -0.2) is 64.8 Å². The molecule has 1 saturated heterocycles. The number of H-pyrrole nitrogens is 1. The predicted octanol–water partition coefficient (Wildman–Crippen LogP) is 3.85. The molecule has 7 heteroatoms. The molecule has 0 bridgehead atoms. The Morgan fingerprint density at radius 1 is 1.12 bits per heavy atom. The van der Waals surface area contributed by atoms with Gasteiger partial charge in [-0.15, -0.1) is 0 Å². The second-order valence-corrected chi connectivity index (χ2v) is 9.01. The van der Waals surface area contributed by atoms with Crippen LogP contribution >= 0.6 is 0 Å². The third-order valence-corrected chi connectivity index (χ3v) is 6.62. The van der Waals surface area contributed by atoms with Crippen molar-refractivity contribution in [2.75, 3.05) is 27.2 Å². The van der Waals surface area contributed by atoms with Gasteiger partial charge in [0, 0.05) is 29.6 Å². The van der Waals surface area contributed by atoms with Crippen molar-refractivity contribution in [1.82, 2.24) is 19.7 Å². The van der Waals surface area contributed by atoms with E-state index in [0.717, 1.165) is 23.4 Å². The molecular formula is C25H27FN4O2. The molecule has 6 nitrogen and oxygen atoms in total. The number of carbonyl (C=O) groups excluding carboxylic acids is 2. The lowest BCUT2D eigenvalue weighted by Gasteiger charge is -2.36. The molecule has 166 valence electrons. The standard InChI is InChI=1S/C25H27FN4O2/c1-15-10-11-18-20(21(15)26)17-14-19-24(31)29(13-7-12-28(2)3)25(32)30(19)23(22(17)27-18)16-8-5-4-6-9-16/h4-6,8-11,19,23,27H,7,12-14H2,1-3H3. The van der Waals surface area contributed by atoms with Crippen molar-refractivity contribution in [3.05, 3.63) is 70.7 Å². The van der Waals surface area contributed by atoms with Gasteiger partial charge in [0.25, 0.3) is 5.91 Å². The molecule has 3 heterocycles. The minimum Gasteiger partial charge on any atom is -0.356 e. The molecule has 3 aromatic rings. The molecule has 2 aliphatic rings. The van der Waals surface area contributed by atoms with E-state index in [9.17, 15) is 9.59 Å². The summed E-state index contributed by atoms with van der Waals surface area (Å²) in [5, 5.41) is 0.534. The summed E-state index contributed by atoms with van der Waals surface area (Å²) in [6, 6.07) is 11.9. The van der Waals surface area contributed by atoms with Gasteiger partial charge in [-0.1, -0.05) is 36.4 Å². The minimum atomic E-state index is -0.626. The Labute approximate surface area is 186 Å². The Morgan fingerprint density at radius 2 is 1.88 bits per heavy atom. The van der Waals surface area contributed by atoms with Crippen LogP contribution in [0.2, 0.25) is 0 Å². The third-order valence-electron chi connectivity index (χ3n) is 6.62. The SMILES string of the molecule is Cc1ccc2[nH]c3c(c2c1F)CC1C(=O)N(CCCN(C)C)C(=O)N1C3c1ccccc1. The number of carbonyl (C=O) groups is 2. The van der Waals surface area contributed by atoms with E-state index in [0.29, 0.717) is 35.9 Å². The zero-order valence-corrected chi connectivity index (χ0v) is 18.6. The number of hydrogen-bond donors (Lipinski definition) is 1. The van der Waals surface area contributed by atoms with Crippen molar-refractivity contribution >= 4 is 22.8 Å². The van der Waals surface area contributed by atoms with E-state index in [4.69, 9.17) is 0 Å². The first kappa shape index (κ1) is 20.7. The highest BCUT2D eigenvalue weighted by atomic mass is 19.1. The molecule has 0 spiro atoms. The second kappa shape index (κ2) is 7.74. The Hall–Kier alpha value is -3.19. The Kier molecular flexibility index (Phi) is 5.01. The monoisotopic (exact) mass is 434 g/mol. The molecule has 1 fully saturated rings. The number of urea groups is 1. The normalized spacial score (nSPS) is 20.4. The fourth-order valence-corrected chi connectivity index (χ4v) is 5.07. The van der Waals surface area contributed by atoms with Crippen molar-refractivity contribution in [3.63, 3.8) is 0 Å². The van der Waals surface area contributed by atoms with Crippen LogP contribution in [0.4, 0.5) is 9.18 Å². The molecule has 2 aliphatic heterocycles. The number of hydrogen-bond acceptors (Lipinski definition) is 3. The van der Waals surface area contributed by atoms with E-state index in [-0.39, 0.29) is 17.8 Å². The fourth-order valence-electron chi connectivity index (χ4n) is 5.07. The summed E-state index contributed by atoms with van der Waals surface area (Å²) < 4.78 is 15.2. The van der Waals surface area contributed by atoms with Crippen LogP contribution in [0.5, 0.6) is 0 Å². The lowest BCUT2D eigenvalue weighted by molar-refractivity contribution is -0.128. The van der Waals surface area contributed by atoms with E-state index in [1.807, 2.05) is 55.4 Å². The lowest BCUT2D eigenvalue weighted by Crippen LogP contribution is -2.44. The van der Waals surface area contributed by atoms with E-state index in [2.05, 4.69) is 4.98 Å². The van der Waals surface area contributed by atoms with Crippen LogP contribution in [-0.2, 0) is 11.2 Å². The molecule has 0 aliphatic carbocycles. The van der Waals surface area contributed by atoms with Crippen LogP contribution < -0.4 is 0 Å². The molecule has 5 rings (SSSR count). The zero-order chi connectivity index (χ0) is 22.6. The zero-order valence-electron chi connectivity index (χ0n) is 18.6. The van der Waals surface area contributed by atoms with Gasteiger partial charge in [-0.05, 0) is 56.7 Å². The maximum Gasteiger partial charge on any atom is 0.328 e. The Balaban J connectivity index is 1.63. The van der Waals surface area contributed by atoms with Crippen LogP contribution in [0.3, 0.4) is 0 Å². The number of nitrogens with zero attached hydrogens (tertiary/aromatic N) is 3. The Bertz CT molecular complexity index is 1200. The summed E-state index contributed by atoms with van der Waals surface area (Å²) >= 11 is 0. The Morgan fingerprint density at radius 3 is 2.59 bits per heavy atom. The van der Waals surface area contributed by atoms with Crippen molar-refractivity contribution in [2.24, 2.45) is 0 Å². The van der Waals surface area contributed by atoms with Gasteiger partial charge >= 0.3 is 6.03 Å². The fraction of sp³-hybridized carbons (Fsp3) is 0.360. The number of aromatic nitrogens is 1. The summed E-state index contributed by atoms with van der Waals surface area (Å²) in [4.78, 5) is 35.3. The van der Waals surface area contributed by atoms with Gasteiger partial charge in [0.1, 0.15) is 17.9 Å². The highest BCUT2D eigenvalue weighted by Crippen LogP contribution is 2.44. The average Bonchev–Trinajstić information content (AvgIpc) is 3.26. The first-order valence-electron chi connectivity index (χ1n) is 11.0. The van der Waals surface area contributed by atoms with Gasteiger partial charge in [-0.3, -0.25) is 14.6 Å². The van der Waals surface area contributed by atoms with Crippen LogP contribution in [0.25, 0.3) is 10.9 Å². The number of amides is 3. The van der Waals surface area contributed by atoms with Crippen LogP contribution in [0, 0.1) is 12.7 Å². The molecule has 3 amide bonds. The molecule has 2 atom stereocenters. The molecule has 2 aromatic carbocycles. The molecular weight excluding hydrogens is 407 g/mol. The van der Waals surface area contributed by atoms with E-state index < -0.39 is 12.1 Å². The summed E-state index contributed by atoms with van der Waals surface area (Å²) in [5.41, 5.74) is 3.76. The summed E-state index contributed by atoms with van der Waals surface area (Å²) in [6.07, 6.45) is 1.02. The van der Waals surface area contributed by atoms with Crippen LogP contribution in [0.1, 0.15) is 34.8 Å². The van der Waals surface area contributed by atoms with E-state index in [1.54, 1.807) is 17.9 Å². The number of aryl methyl sites for hydroxylation is 1. The predicted molar refractivity (Wildman–Crippen MR) is 121 cm³/mol. The van der Waals surface area contributed by atoms with Crippen molar-refractivity contribution < 1.29 is 14.0 Å². The number of benzene rings is 2. The summed E-state index contributed by atoms with van der Waals surface area (Å²) in [5.74, 6) is -0.456. The van der Waals surface area contributed by atoms with Gasteiger partial charge in [0.05, 0.1) is 0 Å². The number of rotatable bonds is 5. The van der Waals surface area contributed by atoms with E-state index in [1.165, 1.54) is 4.90 Å². The number of imide groups is 1. The molecule has 1 aromatic heterocycles. The topological polar surface area (TPSA) is 59.7 Å². The molecule has 0 radical (unpaired) electrons.